The molecule has 0 amide bonds. The third-order valence-corrected chi connectivity index (χ3v) is 2.13. The first-order valence-electron chi connectivity index (χ1n) is 4.05. The molecule has 0 aliphatic rings. The molecule has 1 heterocycles. The van der Waals surface area contributed by atoms with Crippen LogP contribution in [0.2, 0.25) is 5.02 Å². The van der Waals surface area contributed by atoms with Gasteiger partial charge in [-0.1, -0.05) is 11.6 Å². The zero-order valence-corrected chi connectivity index (χ0v) is 7.93. The second-order valence-corrected chi connectivity index (χ2v) is 3.21. The van der Waals surface area contributed by atoms with Crippen molar-refractivity contribution < 1.29 is 0 Å². The fourth-order valence-corrected chi connectivity index (χ4v) is 1.18. The smallest absolute Gasteiger partial charge is 0.0621 e. The summed E-state index contributed by atoms with van der Waals surface area (Å²) in [5.41, 5.74) is 7.44. The molecule has 66 valence electrons. The maximum Gasteiger partial charge on any atom is 0.0621 e. The van der Waals surface area contributed by atoms with Crippen molar-refractivity contribution in [3.63, 3.8) is 0 Å². The average molecular weight is 185 g/mol. The Hall–Kier alpha value is -0.600. The van der Waals surface area contributed by atoms with Crippen molar-refractivity contribution in [3.8, 4) is 0 Å². The van der Waals surface area contributed by atoms with Gasteiger partial charge in [-0.05, 0) is 37.9 Å². The first-order valence-corrected chi connectivity index (χ1v) is 4.43. The molecule has 3 heteroatoms. The molecule has 1 rings (SSSR count). The van der Waals surface area contributed by atoms with E-state index in [4.69, 9.17) is 17.3 Å². The Bertz CT molecular complexity index is 261. The third kappa shape index (κ3) is 2.47. The summed E-state index contributed by atoms with van der Waals surface area (Å²) in [7, 11) is 0. The second kappa shape index (κ2) is 4.43. The maximum atomic E-state index is 5.90. The van der Waals surface area contributed by atoms with E-state index in [1.165, 1.54) is 0 Å². The van der Waals surface area contributed by atoms with Crippen LogP contribution in [0.5, 0.6) is 0 Å². The minimum Gasteiger partial charge on any atom is -0.330 e. The van der Waals surface area contributed by atoms with Crippen molar-refractivity contribution in [1.82, 2.24) is 4.98 Å². The van der Waals surface area contributed by atoms with Gasteiger partial charge < -0.3 is 5.73 Å². The molecule has 0 aromatic carbocycles. The van der Waals surface area contributed by atoms with Crippen molar-refractivity contribution in [1.29, 1.82) is 0 Å². The average Bonchev–Trinajstić information content (AvgIpc) is 2.07. The standard InChI is InChI=1S/C9H13ClN2/c1-7-9(10)5-8(6-12-7)3-2-4-11/h5-6H,2-4,11H2,1H3. The first-order chi connectivity index (χ1) is 5.74. The van der Waals surface area contributed by atoms with E-state index in [9.17, 15) is 0 Å². The van der Waals surface area contributed by atoms with E-state index in [0.29, 0.717) is 6.54 Å². The van der Waals surface area contributed by atoms with E-state index in [1.807, 2.05) is 19.2 Å². The van der Waals surface area contributed by atoms with Gasteiger partial charge in [0.15, 0.2) is 0 Å². The molecule has 12 heavy (non-hydrogen) atoms. The van der Waals surface area contributed by atoms with Crippen LogP contribution >= 0.6 is 11.6 Å². The third-order valence-electron chi connectivity index (χ3n) is 1.75. The van der Waals surface area contributed by atoms with E-state index in [-0.39, 0.29) is 0 Å². The molecule has 2 N–H and O–H groups in total. The van der Waals surface area contributed by atoms with Gasteiger partial charge in [-0.2, -0.15) is 0 Å². The van der Waals surface area contributed by atoms with Crippen LogP contribution in [0.15, 0.2) is 12.3 Å². The lowest BCUT2D eigenvalue weighted by Crippen LogP contribution is -2.00. The monoisotopic (exact) mass is 184 g/mol. The molecule has 0 aliphatic carbocycles. The molecular weight excluding hydrogens is 172 g/mol. The highest BCUT2D eigenvalue weighted by atomic mass is 35.5. The van der Waals surface area contributed by atoms with Gasteiger partial charge in [0.25, 0.3) is 0 Å². The predicted molar refractivity (Wildman–Crippen MR) is 51.4 cm³/mol. The SMILES string of the molecule is Cc1ncc(CCCN)cc1Cl. The van der Waals surface area contributed by atoms with Gasteiger partial charge >= 0.3 is 0 Å². The van der Waals surface area contributed by atoms with Crippen LogP contribution in [-0.4, -0.2) is 11.5 Å². The van der Waals surface area contributed by atoms with Crippen molar-refractivity contribution in [2.75, 3.05) is 6.54 Å². The molecule has 0 fully saturated rings. The normalized spacial score (nSPS) is 10.2. The van der Waals surface area contributed by atoms with Crippen LogP contribution < -0.4 is 5.73 Å². The van der Waals surface area contributed by atoms with E-state index in [2.05, 4.69) is 4.98 Å². The number of pyridine rings is 1. The van der Waals surface area contributed by atoms with Gasteiger partial charge in [-0.15, -0.1) is 0 Å². The quantitative estimate of drug-likeness (QED) is 0.780. The number of aromatic nitrogens is 1. The minimum atomic E-state index is 0.714. The van der Waals surface area contributed by atoms with Gasteiger partial charge in [0.2, 0.25) is 0 Å². The minimum absolute atomic E-state index is 0.714. The Morgan fingerprint density at radius 1 is 1.58 bits per heavy atom. The Morgan fingerprint density at radius 3 is 2.92 bits per heavy atom. The summed E-state index contributed by atoms with van der Waals surface area (Å²) in [4.78, 5) is 4.16. The number of aryl methyl sites for hydroxylation is 2. The number of nitrogens with two attached hydrogens (primary N) is 1. The molecular formula is C9H13ClN2. The fourth-order valence-electron chi connectivity index (χ4n) is 0.989. The Morgan fingerprint density at radius 2 is 2.33 bits per heavy atom. The molecule has 0 radical (unpaired) electrons. The molecule has 0 saturated heterocycles. The Balaban J connectivity index is 2.69. The summed E-state index contributed by atoms with van der Waals surface area (Å²) in [5, 5.41) is 0.740. The summed E-state index contributed by atoms with van der Waals surface area (Å²) in [6.45, 7) is 2.61. The number of nitrogens with zero attached hydrogens (tertiary/aromatic N) is 1. The van der Waals surface area contributed by atoms with Gasteiger partial charge in [0.05, 0.1) is 10.7 Å². The lowest BCUT2D eigenvalue weighted by atomic mass is 10.1. The van der Waals surface area contributed by atoms with Gasteiger partial charge in [0.1, 0.15) is 0 Å². The lowest BCUT2D eigenvalue weighted by molar-refractivity contribution is 0.828. The van der Waals surface area contributed by atoms with Crippen LogP contribution in [0, 0.1) is 6.92 Å². The molecule has 1 aromatic heterocycles. The van der Waals surface area contributed by atoms with Crippen LogP contribution in [0.1, 0.15) is 17.7 Å². The molecule has 2 nitrogen and oxygen atoms in total. The van der Waals surface area contributed by atoms with E-state index in [1.54, 1.807) is 0 Å². The van der Waals surface area contributed by atoms with Crippen molar-refractivity contribution >= 4 is 11.6 Å². The zero-order chi connectivity index (χ0) is 8.97. The number of hydrogen-bond donors (Lipinski definition) is 1. The number of halogens is 1. The highest BCUT2D eigenvalue weighted by Crippen LogP contribution is 2.14. The van der Waals surface area contributed by atoms with Crippen LogP contribution in [0.4, 0.5) is 0 Å². The van der Waals surface area contributed by atoms with Gasteiger partial charge in [0, 0.05) is 6.20 Å². The zero-order valence-electron chi connectivity index (χ0n) is 7.18. The first kappa shape index (κ1) is 9.49. The van der Waals surface area contributed by atoms with Crippen molar-refractivity contribution in [2.45, 2.75) is 19.8 Å². The summed E-state index contributed by atoms with van der Waals surface area (Å²) in [6, 6.07) is 1.96. The molecule has 0 unspecified atom stereocenters. The summed E-state index contributed by atoms with van der Waals surface area (Å²) in [6.07, 6.45) is 3.81. The van der Waals surface area contributed by atoms with Crippen LogP contribution in [0.25, 0.3) is 0 Å². The molecule has 0 saturated carbocycles. The molecule has 1 aromatic rings. The Labute approximate surface area is 77.8 Å². The Kier molecular flexibility index (Phi) is 3.50. The molecule has 0 atom stereocenters. The summed E-state index contributed by atoms with van der Waals surface area (Å²) < 4.78 is 0. The number of hydrogen-bond acceptors (Lipinski definition) is 2. The molecule has 0 spiro atoms. The fraction of sp³-hybridized carbons (Fsp3) is 0.444. The highest BCUT2D eigenvalue weighted by Gasteiger charge is 1.98. The van der Waals surface area contributed by atoms with Gasteiger partial charge in [-0.3, -0.25) is 4.98 Å². The summed E-state index contributed by atoms with van der Waals surface area (Å²) in [5.74, 6) is 0. The number of rotatable bonds is 3. The summed E-state index contributed by atoms with van der Waals surface area (Å²) >= 11 is 5.90. The van der Waals surface area contributed by atoms with Crippen LogP contribution in [-0.2, 0) is 6.42 Å². The van der Waals surface area contributed by atoms with E-state index in [0.717, 1.165) is 29.1 Å². The van der Waals surface area contributed by atoms with E-state index < -0.39 is 0 Å². The highest BCUT2D eigenvalue weighted by molar-refractivity contribution is 6.31. The van der Waals surface area contributed by atoms with Crippen molar-refractivity contribution in [3.05, 3.63) is 28.5 Å². The second-order valence-electron chi connectivity index (χ2n) is 2.80. The maximum absolute atomic E-state index is 5.90. The van der Waals surface area contributed by atoms with Gasteiger partial charge in [-0.25, -0.2) is 0 Å². The molecule has 0 aliphatic heterocycles. The van der Waals surface area contributed by atoms with Crippen molar-refractivity contribution in [2.24, 2.45) is 5.73 Å². The largest absolute Gasteiger partial charge is 0.330 e. The topological polar surface area (TPSA) is 38.9 Å². The van der Waals surface area contributed by atoms with Crippen LogP contribution in [0.3, 0.4) is 0 Å². The molecule has 0 bridgehead atoms. The van der Waals surface area contributed by atoms with E-state index >= 15 is 0 Å². The predicted octanol–water partition coefficient (Wildman–Crippen LogP) is 1.93. The lowest BCUT2D eigenvalue weighted by Gasteiger charge is -2.01.